The summed E-state index contributed by atoms with van der Waals surface area (Å²) >= 11 is 6.06. The van der Waals surface area contributed by atoms with E-state index in [1.807, 2.05) is 0 Å². The Hall–Kier alpha value is -2.97. The molecule has 0 aliphatic rings. The van der Waals surface area contributed by atoms with Crippen LogP contribution in [0.1, 0.15) is 15.9 Å². The molecule has 0 unspecified atom stereocenters. The number of carbonyl (C=O) groups is 1. The van der Waals surface area contributed by atoms with Gasteiger partial charge in [0.2, 0.25) is 0 Å². The molecule has 0 saturated carbocycles. The molecular weight excluding hydrogens is 422 g/mol. The Balaban J connectivity index is 1.87. The van der Waals surface area contributed by atoms with E-state index in [9.17, 15) is 22.0 Å². The highest BCUT2D eigenvalue weighted by Crippen LogP contribution is 2.27. The number of anilines is 2. The number of amides is 1. The van der Waals surface area contributed by atoms with Crippen molar-refractivity contribution in [2.24, 2.45) is 0 Å². The van der Waals surface area contributed by atoms with Crippen molar-refractivity contribution in [2.75, 3.05) is 10.0 Å². The van der Waals surface area contributed by atoms with Gasteiger partial charge >= 0.3 is 0 Å². The molecule has 0 radical (unpaired) electrons. The highest BCUT2D eigenvalue weighted by atomic mass is 35.5. The standard InChI is InChI=1S/C20H15ClF2N2O3S/c1-12-2-4-15(23)11-18(12)24-20(26)13-3-9-17(21)19(10-13)25-29(27,28)16-7-5-14(22)6-8-16/h2-11,25H,1H3,(H,24,26). The van der Waals surface area contributed by atoms with Gasteiger partial charge in [0, 0.05) is 11.3 Å². The van der Waals surface area contributed by atoms with Gasteiger partial charge in [-0.05, 0) is 67.1 Å². The fourth-order valence-electron chi connectivity index (χ4n) is 2.49. The number of hydrogen-bond acceptors (Lipinski definition) is 3. The van der Waals surface area contributed by atoms with Crippen molar-refractivity contribution in [1.29, 1.82) is 0 Å². The predicted octanol–water partition coefficient (Wildman–Crippen LogP) is 4.98. The van der Waals surface area contributed by atoms with Gasteiger partial charge in [0.1, 0.15) is 11.6 Å². The maximum absolute atomic E-state index is 13.4. The van der Waals surface area contributed by atoms with Crippen LogP contribution in [-0.2, 0) is 10.0 Å². The Morgan fingerprint density at radius 1 is 0.897 bits per heavy atom. The van der Waals surface area contributed by atoms with Crippen LogP contribution in [-0.4, -0.2) is 14.3 Å². The van der Waals surface area contributed by atoms with Crippen molar-refractivity contribution in [3.8, 4) is 0 Å². The van der Waals surface area contributed by atoms with Gasteiger partial charge in [-0.25, -0.2) is 17.2 Å². The molecule has 150 valence electrons. The van der Waals surface area contributed by atoms with Gasteiger partial charge in [0.25, 0.3) is 15.9 Å². The largest absolute Gasteiger partial charge is 0.322 e. The summed E-state index contributed by atoms with van der Waals surface area (Å²) in [6.07, 6.45) is 0. The van der Waals surface area contributed by atoms with E-state index in [4.69, 9.17) is 11.6 Å². The zero-order valence-electron chi connectivity index (χ0n) is 15.0. The van der Waals surface area contributed by atoms with Crippen LogP contribution in [0.25, 0.3) is 0 Å². The van der Waals surface area contributed by atoms with Gasteiger partial charge in [0.05, 0.1) is 15.6 Å². The average Bonchev–Trinajstić information content (AvgIpc) is 2.66. The normalized spacial score (nSPS) is 11.2. The van der Waals surface area contributed by atoms with Crippen LogP contribution in [0.15, 0.2) is 65.6 Å². The third-order valence-corrected chi connectivity index (χ3v) is 5.76. The maximum Gasteiger partial charge on any atom is 0.261 e. The average molecular weight is 437 g/mol. The number of sulfonamides is 1. The molecule has 29 heavy (non-hydrogen) atoms. The third kappa shape index (κ3) is 4.90. The molecule has 0 atom stereocenters. The first kappa shape index (κ1) is 20.8. The van der Waals surface area contributed by atoms with Crippen molar-refractivity contribution >= 4 is 38.9 Å². The number of halogens is 3. The second-order valence-electron chi connectivity index (χ2n) is 6.17. The lowest BCUT2D eigenvalue weighted by atomic mass is 10.1. The molecule has 0 spiro atoms. The van der Waals surface area contributed by atoms with E-state index in [0.717, 1.165) is 24.3 Å². The SMILES string of the molecule is Cc1ccc(F)cc1NC(=O)c1ccc(Cl)c(NS(=O)(=O)c2ccc(F)cc2)c1. The molecule has 3 rings (SSSR count). The predicted molar refractivity (Wildman–Crippen MR) is 108 cm³/mol. The first-order chi connectivity index (χ1) is 13.7. The molecule has 0 saturated heterocycles. The molecule has 3 aromatic carbocycles. The second-order valence-corrected chi connectivity index (χ2v) is 8.26. The van der Waals surface area contributed by atoms with Gasteiger partial charge in [-0.1, -0.05) is 17.7 Å². The molecule has 0 aliphatic heterocycles. The molecule has 0 heterocycles. The fourth-order valence-corrected chi connectivity index (χ4v) is 3.78. The summed E-state index contributed by atoms with van der Waals surface area (Å²) in [5, 5.41) is 2.64. The molecule has 3 aromatic rings. The number of nitrogens with one attached hydrogen (secondary N) is 2. The Kier molecular flexibility index (Phi) is 5.86. The van der Waals surface area contributed by atoms with E-state index in [1.54, 1.807) is 6.92 Å². The molecular formula is C20H15ClF2N2O3S. The number of hydrogen-bond donors (Lipinski definition) is 2. The van der Waals surface area contributed by atoms with E-state index < -0.39 is 27.6 Å². The third-order valence-electron chi connectivity index (χ3n) is 4.04. The first-order valence-corrected chi connectivity index (χ1v) is 10.2. The highest BCUT2D eigenvalue weighted by Gasteiger charge is 2.18. The second kappa shape index (κ2) is 8.18. The summed E-state index contributed by atoms with van der Waals surface area (Å²) in [4.78, 5) is 12.4. The van der Waals surface area contributed by atoms with Gasteiger partial charge in [-0.15, -0.1) is 0 Å². The first-order valence-electron chi connectivity index (χ1n) is 8.31. The molecule has 0 aliphatic carbocycles. The summed E-state index contributed by atoms with van der Waals surface area (Å²) < 4.78 is 53.7. The lowest BCUT2D eigenvalue weighted by Gasteiger charge is -2.12. The lowest BCUT2D eigenvalue weighted by Crippen LogP contribution is -2.16. The molecule has 0 aromatic heterocycles. The minimum absolute atomic E-state index is 0.0281. The van der Waals surface area contributed by atoms with Crippen LogP contribution in [0.2, 0.25) is 5.02 Å². The Labute approximate surface area is 171 Å². The zero-order chi connectivity index (χ0) is 21.2. The molecule has 1 amide bonds. The maximum atomic E-state index is 13.4. The Bertz CT molecular complexity index is 1180. The smallest absolute Gasteiger partial charge is 0.261 e. The summed E-state index contributed by atoms with van der Waals surface area (Å²) in [6.45, 7) is 1.71. The minimum atomic E-state index is -4.05. The van der Waals surface area contributed by atoms with Gasteiger partial charge in [0.15, 0.2) is 0 Å². The topological polar surface area (TPSA) is 75.3 Å². The van der Waals surface area contributed by atoms with E-state index in [0.29, 0.717) is 11.3 Å². The molecule has 0 bridgehead atoms. The number of benzene rings is 3. The molecule has 9 heteroatoms. The zero-order valence-corrected chi connectivity index (χ0v) is 16.6. The van der Waals surface area contributed by atoms with E-state index in [-0.39, 0.29) is 21.2 Å². The Morgan fingerprint density at radius 3 is 2.24 bits per heavy atom. The number of carbonyl (C=O) groups excluding carboxylic acids is 1. The summed E-state index contributed by atoms with van der Waals surface area (Å²) in [5.74, 6) is -1.65. The van der Waals surface area contributed by atoms with E-state index in [1.165, 1.54) is 36.4 Å². The highest BCUT2D eigenvalue weighted by molar-refractivity contribution is 7.92. The van der Waals surface area contributed by atoms with Crippen molar-refractivity contribution in [3.63, 3.8) is 0 Å². The summed E-state index contributed by atoms with van der Waals surface area (Å²) in [6, 6.07) is 12.2. The van der Waals surface area contributed by atoms with Crippen molar-refractivity contribution in [1.82, 2.24) is 0 Å². The van der Waals surface area contributed by atoms with E-state index in [2.05, 4.69) is 10.0 Å². The van der Waals surface area contributed by atoms with Crippen LogP contribution < -0.4 is 10.0 Å². The quantitative estimate of drug-likeness (QED) is 0.592. The van der Waals surface area contributed by atoms with Crippen molar-refractivity contribution < 1.29 is 22.0 Å². The number of rotatable bonds is 5. The number of aryl methyl sites for hydroxylation is 1. The van der Waals surface area contributed by atoms with E-state index >= 15 is 0 Å². The van der Waals surface area contributed by atoms with Crippen LogP contribution >= 0.6 is 11.6 Å². The van der Waals surface area contributed by atoms with Gasteiger partial charge in [-0.3, -0.25) is 9.52 Å². The minimum Gasteiger partial charge on any atom is -0.322 e. The summed E-state index contributed by atoms with van der Waals surface area (Å²) in [7, 11) is -4.05. The lowest BCUT2D eigenvalue weighted by molar-refractivity contribution is 0.102. The fraction of sp³-hybridized carbons (Fsp3) is 0.0500. The Morgan fingerprint density at radius 2 is 1.55 bits per heavy atom. The monoisotopic (exact) mass is 436 g/mol. The van der Waals surface area contributed by atoms with Crippen LogP contribution in [0.4, 0.5) is 20.2 Å². The molecule has 5 nitrogen and oxygen atoms in total. The van der Waals surface area contributed by atoms with Crippen LogP contribution in [0.3, 0.4) is 0 Å². The van der Waals surface area contributed by atoms with Crippen molar-refractivity contribution in [3.05, 3.63) is 88.4 Å². The van der Waals surface area contributed by atoms with Gasteiger partial charge < -0.3 is 5.32 Å². The molecule has 2 N–H and O–H groups in total. The summed E-state index contributed by atoms with van der Waals surface area (Å²) in [5.41, 5.74) is 1.03. The molecule has 0 fully saturated rings. The van der Waals surface area contributed by atoms with Gasteiger partial charge in [-0.2, -0.15) is 0 Å². The van der Waals surface area contributed by atoms with Crippen LogP contribution in [0.5, 0.6) is 0 Å². The van der Waals surface area contributed by atoms with Crippen molar-refractivity contribution in [2.45, 2.75) is 11.8 Å². The van der Waals surface area contributed by atoms with Crippen LogP contribution in [0, 0.1) is 18.6 Å².